The zero-order chi connectivity index (χ0) is 14.3. The molecule has 0 spiro atoms. The molecule has 2 N–H and O–H groups in total. The fourth-order valence-electron chi connectivity index (χ4n) is 1.91. The third kappa shape index (κ3) is 2.11. The number of H-pyrrole nitrogens is 2. The van der Waals surface area contributed by atoms with Crippen molar-refractivity contribution < 1.29 is 4.74 Å². The minimum absolute atomic E-state index is 0.230. The van der Waals surface area contributed by atoms with E-state index in [2.05, 4.69) is 9.97 Å². The molecule has 0 aliphatic rings. The minimum atomic E-state index is -0.230. The van der Waals surface area contributed by atoms with Gasteiger partial charge < -0.3 is 9.72 Å². The summed E-state index contributed by atoms with van der Waals surface area (Å²) < 4.78 is 8.30. The Kier molecular flexibility index (Phi) is 3.28. The summed E-state index contributed by atoms with van der Waals surface area (Å²) in [5.74, 6) is 0.755. The molecule has 0 saturated carbocycles. The minimum Gasteiger partial charge on any atom is -0.497 e. The quantitative estimate of drug-likeness (QED) is 0.711. The average Bonchev–Trinajstić information content (AvgIpc) is 2.76. The number of rotatable bonds is 2. The van der Waals surface area contributed by atoms with Crippen LogP contribution in [0.3, 0.4) is 0 Å². The van der Waals surface area contributed by atoms with Crippen LogP contribution in [0.4, 0.5) is 0 Å². The van der Waals surface area contributed by atoms with Crippen LogP contribution in [0.1, 0.15) is 0 Å². The molecule has 8 heteroatoms. The second kappa shape index (κ2) is 4.97. The maximum atomic E-state index is 11.9. The Bertz CT molecular complexity index is 947. The van der Waals surface area contributed by atoms with E-state index in [1.165, 1.54) is 11.3 Å². The van der Waals surface area contributed by atoms with Gasteiger partial charge in [0.2, 0.25) is 0 Å². The summed E-state index contributed by atoms with van der Waals surface area (Å²) in [5, 5.41) is 0. The van der Waals surface area contributed by atoms with Gasteiger partial charge in [-0.15, -0.1) is 0 Å². The Hall–Kier alpha value is -1.77. The molecule has 2 heterocycles. The first-order chi connectivity index (χ1) is 9.60. The lowest BCUT2D eigenvalue weighted by Gasteiger charge is -2.05. The van der Waals surface area contributed by atoms with Crippen LogP contribution < -0.4 is 10.3 Å². The van der Waals surface area contributed by atoms with Crippen LogP contribution >= 0.6 is 35.8 Å². The van der Waals surface area contributed by atoms with Crippen molar-refractivity contribution in [1.82, 2.24) is 14.5 Å². The molecule has 0 radical (unpaired) electrons. The van der Waals surface area contributed by atoms with Gasteiger partial charge in [0.25, 0.3) is 5.56 Å². The number of hydrogen-bond donors (Lipinski definition) is 2. The molecule has 102 valence electrons. The summed E-state index contributed by atoms with van der Waals surface area (Å²) in [7, 11) is 1.61. The highest BCUT2D eigenvalue weighted by Crippen LogP contribution is 2.23. The highest BCUT2D eigenvalue weighted by atomic mass is 32.1. The molecular formula is C12H9N3O2S3. The van der Waals surface area contributed by atoms with E-state index in [1.807, 2.05) is 24.3 Å². The molecule has 2 aromatic heterocycles. The third-order valence-electron chi connectivity index (χ3n) is 2.81. The average molecular weight is 323 g/mol. The zero-order valence-corrected chi connectivity index (χ0v) is 12.7. The Morgan fingerprint density at radius 1 is 1.20 bits per heavy atom. The lowest BCUT2D eigenvalue weighted by atomic mass is 10.3. The predicted molar refractivity (Wildman–Crippen MR) is 84.3 cm³/mol. The van der Waals surface area contributed by atoms with Gasteiger partial charge in [-0.2, -0.15) is 0 Å². The molecule has 5 nitrogen and oxygen atoms in total. The van der Waals surface area contributed by atoms with Crippen molar-refractivity contribution in [2.24, 2.45) is 0 Å². The van der Waals surface area contributed by atoms with Gasteiger partial charge in [0, 0.05) is 5.69 Å². The highest BCUT2D eigenvalue weighted by Gasteiger charge is 2.10. The van der Waals surface area contributed by atoms with Gasteiger partial charge in [0.15, 0.2) is 8.73 Å². The van der Waals surface area contributed by atoms with E-state index in [-0.39, 0.29) is 10.3 Å². The maximum absolute atomic E-state index is 11.9. The van der Waals surface area contributed by atoms with Crippen LogP contribution in [0.5, 0.6) is 5.75 Å². The molecule has 0 atom stereocenters. The number of ether oxygens (including phenoxy) is 1. The fourth-order valence-corrected chi connectivity index (χ4v) is 3.39. The Balaban J connectivity index is 2.35. The Labute approximate surface area is 127 Å². The van der Waals surface area contributed by atoms with E-state index in [0.29, 0.717) is 14.3 Å². The van der Waals surface area contributed by atoms with Crippen LogP contribution in [-0.4, -0.2) is 21.6 Å². The number of aromatic amines is 2. The van der Waals surface area contributed by atoms with Crippen LogP contribution in [0.25, 0.3) is 16.0 Å². The fraction of sp³-hybridized carbons (Fsp3) is 0.0833. The number of nitrogens with zero attached hydrogens (tertiary/aromatic N) is 1. The second-order valence-corrected chi connectivity index (χ2v) is 6.04. The molecule has 0 bridgehead atoms. The second-order valence-electron chi connectivity index (χ2n) is 3.99. The number of benzene rings is 1. The van der Waals surface area contributed by atoms with Crippen molar-refractivity contribution in [2.75, 3.05) is 7.11 Å². The molecular weight excluding hydrogens is 314 g/mol. The summed E-state index contributed by atoms with van der Waals surface area (Å²) in [5.41, 5.74) is 1.23. The highest BCUT2D eigenvalue weighted by molar-refractivity contribution is 7.73. The van der Waals surface area contributed by atoms with Gasteiger partial charge in [-0.25, -0.2) is 0 Å². The van der Waals surface area contributed by atoms with Gasteiger partial charge in [-0.05, 0) is 48.7 Å². The molecule has 0 aliphatic heterocycles. The lowest BCUT2D eigenvalue weighted by molar-refractivity contribution is 0.415. The van der Waals surface area contributed by atoms with E-state index in [4.69, 9.17) is 29.2 Å². The summed E-state index contributed by atoms with van der Waals surface area (Å²) in [6, 6.07) is 7.42. The van der Waals surface area contributed by atoms with Gasteiger partial charge in [-0.3, -0.25) is 14.3 Å². The molecule has 1 aromatic carbocycles. The zero-order valence-electron chi connectivity index (χ0n) is 10.3. The number of hydrogen-bond acceptors (Lipinski definition) is 5. The first-order valence-electron chi connectivity index (χ1n) is 5.63. The standard InChI is InChI=1S/C12H9N3O2S3/c1-17-7-4-2-6(3-5-7)15-9-8(20-12(15)19)10(16)14-11(18)13-9/h2-5H,1H3,(H2,13,14,16,18). The molecule has 20 heavy (non-hydrogen) atoms. The molecule has 3 rings (SSSR count). The van der Waals surface area contributed by atoms with E-state index >= 15 is 0 Å². The van der Waals surface area contributed by atoms with E-state index in [0.717, 1.165) is 11.4 Å². The number of aromatic nitrogens is 3. The van der Waals surface area contributed by atoms with E-state index in [9.17, 15) is 4.79 Å². The smallest absolute Gasteiger partial charge is 0.271 e. The third-order valence-corrected chi connectivity index (χ3v) is 4.38. The first-order valence-corrected chi connectivity index (χ1v) is 7.26. The summed E-state index contributed by atoms with van der Waals surface area (Å²) in [6.07, 6.45) is 0. The molecule has 0 amide bonds. The molecule has 0 aliphatic carbocycles. The normalized spacial score (nSPS) is 10.8. The van der Waals surface area contributed by atoms with Gasteiger partial charge in [0.1, 0.15) is 16.1 Å². The number of methoxy groups -OCH3 is 1. The van der Waals surface area contributed by atoms with Gasteiger partial charge in [-0.1, -0.05) is 11.3 Å². The van der Waals surface area contributed by atoms with Crippen molar-refractivity contribution in [2.45, 2.75) is 0 Å². The lowest BCUT2D eigenvalue weighted by Crippen LogP contribution is -2.07. The van der Waals surface area contributed by atoms with Crippen molar-refractivity contribution in [1.29, 1.82) is 0 Å². The summed E-state index contributed by atoms with van der Waals surface area (Å²) >= 11 is 11.6. The SMILES string of the molecule is COc1ccc(-n2c(=S)sc3c(=O)[nH]c(=S)[nH]c32)cc1. The first kappa shape index (κ1) is 13.2. The number of fused-ring (bicyclic) bond motifs is 1. The van der Waals surface area contributed by atoms with Crippen LogP contribution in [0, 0.1) is 8.73 Å². The maximum Gasteiger partial charge on any atom is 0.271 e. The molecule has 3 aromatic rings. The largest absolute Gasteiger partial charge is 0.497 e. The number of thiazole rings is 1. The van der Waals surface area contributed by atoms with Crippen LogP contribution in [-0.2, 0) is 0 Å². The number of nitrogens with one attached hydrogen (secondary N) is 2. The van der Waals surface area contributed by atoms with Crippen molar-refractivity contribution in [3.05, 3.63) is 43.3 Å². The van der Waals surface area contributed by atoms with Crippen molar-refractivity contribution in [3.63, 3.8) is 0 Å². The van der Waals surface area contributed by atoms with E-state index in [1.54, 1.807) is 11.7 Å². The van der Waals surface area contributed by atoms with Gasteiger partial charge in [0.05, 0.1) is 7.11 Å². The van der Waals surface area contributed by atoms with Crippen molar-refractivity contribution >= 4 is 46.1 Å². The topological polar surface area (TPSA) is 62.8 Å². The Morgan fingerprint density at radius 2 is 1.90 bits per heavy atom. The van der Waals surface area contributed by atoms with Crippen LogP contribution in [0.2, 0.25) is 0 Å². The van der Waals surface area contributed by atoms with Gasteiger partial charge >= 0.3 is 0 Å². The molecule has 0 unspecified atom stereocenters. The van der Waals surface area contributed by atoms with Crippen LogP contribution in [0.15, 0.2) is 29.1 Å². The van der Waals surface area contributed by atoms with E-state index < -0.39 is 0 Å². The summed E-state index contributed by atoms with van der Waals surface area (Å²) in [6.45, 7) is 0. The Morgan fingerprint density at radius 3 is 2.55 bits per heavy atom. The van der Waals surface area contributed by atoms with Crippen molar-refractivity contribution in [3.8, 4) is 11.4 Å². The summed E-state index contributed by atoms with van der Waals surface area (Å²) in [4.78, 5) is 17.4. The predicted octanol–water partition coefficient (Wildman–Crippen LogP) is 3.18. The molecule has 0 saturated heterocycles. The monoisotopic (exact) mass is 323 g/mol. The molecule has 0 fully saturated rings.